The number of hydrogen-bond donors (Lipinski definition) is 2. The fourth-order valence-electron chi connectivity index (χ4n) is 4.11. The summed E-state index contributed by atoms with van der Waals surface area (Å²) in [6.07, 6.45) is 0.616. The molecule has 7 nitrogen and oxygen atoms in total. The van der Waals surface area contributed by atoms with Gasteiger partial charge in [0, 0.05) is 20.8 Å². The molecule has 2 rings (SSSR count). The lowest BCUT2D eigenvalue weighted by molar-refractivity contribution is -0.141. The fourth-order valence-corrected chi connectivity index (χ4v) is 4.11. The molecule has 1 aliphatic rings. The summed E-state index contributed by atoms with van der Waals surface area (Å²) >= 11 is 0. The van der Waals surface area contributed by atoms with E-state index in [-0.39, 0.29) is 24.0 Å². The van der Waals surface area contributed by atoms with Gasteiger partial charge in [-0.3, -0.25) is 9.59 Å². The van der Waals surface area contributed by atoms with E-state index in [1.54, 1.807) is 21.1 Å². The molecule has 168 valence electrons. The molecule has 0 saturated carbocycles. The number of carbonyl (C=O) groups is 2. The Balaban J connectivity index is 2.02. The predicted octanol–water partition coefficient (Wildman–Crippen LogP) is 2.29. The van der Waals surface area contributed by atoms with Crippen molar-refractivity contribution in [3.63, 3.8) is 0 Å². The standard InChI is InChI=1S/C23H36N2O5/c1-15(29-4)14-20(26)25-13-9-12-19(25)22(30-5)16(2)23(28)24-17(3)21(27)18-10-7-6-8-11-18/h6-8,10-11,15-17,19,21-22,27H,9,12-14H2,1-5H3,(H,24,28)/t15-,16+,17+,19-,21+,22?/m0/s1. The summed E-state index contributed by atoms with van der Waals surface area (Å²) in [6, 6.07) is 8.65. The Hall–Kier alpha value is -1.96. The first-order valence-corrected chi connectivity index (χ1v) is 10.7. The van der Waals surface area contributed by atoms with Gasteiger partial charge in [0.25, 0.3) is 0 Å². The Morgan fingerprint density at radius 1 is 1.17 bits per heavy atom. The molecule has 1 unspecified atom stereocenters. The van der Waals surface area contributed by atoms with Crippen molar-refractivity contribution in [2.45, 2.75) is 70.4 Å². The number of rotatable bonds is 10. The van der Waals surface area contributed by atoms with Crippen LogP contribution in [0.2, 0.25) is 0 Å². The van der Waals surface area contributed by atoms with Gasteiger partial charge < -0.3 is 24.8 Å². The van der Waals surface area contributed by atoms with Crippen LogP contribution >= 0.6 is 0 Å². The highest BCUT2D eigenvalue weighted by molar-refractivity contribution is 5.80. The molecule has 0 radical (unpaired) electrons. The minimum Gasteiger partial charge on any atom is -0.386 e. The smallest absolute Gasteiger partial charge is 0.225 e. The second-order valence-electron chi connectivity index (χ2n) is 8.19. The molecule has 6 atom stereocenters. The van der Waals surface area contributed by atoms with Gasteiger partial charge in [0.05, 0.1) is 42.7 Å². The van der Waals surface area contributed by atoms with Gasteiger partial charge in [-0.25, -0.2) is 0 Å². The first kappa shape index (κ1) is 24.3. The first-order chi connectivity index (χ1) is 14.3. The molecule has 0 bridgehead atoms. The van der Waals surface area contributed by atoms with Crippen LogP contribution in [0, 0.1) is 5.92 Å². The number of hydrogen-bond acceptors (Lipinski definition) is 5. The number of carbonyl (C=O) groups excluding carboxylic acids is 2. The Labute approximate surface area is 179 Å². The average molecular weight is 421 g/mol. The normalized spacial score (nSPS) is 21.5. The van der Waals surface area contributed by atoms with Crippen molar-refractivity contribution < 1.29 is 24.2 Å². The molecule has 2 amide bonds. The molecule has 7 heteroatoms. The lowest BCUT2D eigenvalue weighted by Crippen LogP contribution is -2.51. The summed E-state index contributed by atoms with van der Waals surface area (Å²) in [5.41, 5.74) is 0.751. The Morgan fingerprint density at radius 2 is 1.83 bits per heavy atom. The Morgan fingerprint density at radius 3 is 2.43 bits per heavy atom. The van der Waals surface area contributed by atoms with E-state index in [0.29, 0.717) is 13.0 Å². The van der Waals surface area contributed by atoms with E-state index >= 15 is 0 Å². The van der Waals surface area contributed by atoms with Crippen LogP contribution in [0.4, 0.5) is 0 Å². The quantitative estimate of drug-likeness (QED) is 0.606. The number of nitrogens with one attached hydrogen (secondary N) is 1. The van der Waals surface area contributed by atoms with Crippen LogP contribution in [0.3, 0.4) is 0 Å². The third kappa shape index (κ3) is 6.03. The predicted molar refractivity (Wildman–Crippen MR) is 115 cm³/mol. The molecular formula is C23H36N2O5. The monoisotopic (exact) mass is 420 g/mol. The van der Waals surface area contributed by atoms with Crippen molar-refractivity contribution in [2.75, 3.05) is 20.8 Å². The molecule has 1 aliphatic heterocycles. The molecule has 1 fully saturated rings. The topological polar surface area (TPSA) is 88.1 Å². The molecule has 0 aromatic heterocycles. The molecule has 2 N–H and O–H groups in total. The molecule has 1 aromatic rings. The SMILES string of the molecule is COC([C@@H](C)C(=O)N[C@H](C)[C@@H](O)c1ccccc1)[C@@H]1CCCN1C(=O)C[C@H](C)OC. The highest BCUT2D eigenvalue weighted by atomic mass is 16.5. The number of aliphatic hydroxyl groups excluding tert-OH is 1. The molecular weight excluding hydrogens is 384 g/mol. The van der Waals surface area contributed by atoms with E-state index in [0.717, 1.165) is 18.4 Å². The highest BCUT2D eigenvalue weighted by Crippen LogP contribution is 2.27. The summed E-state index contributed by atoms with van der Waals surface area (Å²) in [5.74, 6) is -0.651. The first-order valence-electron chi connectivity index (χ1n) is 10.7. The van der Waals surface area contributed by atoms with Crippen LogP contribution in [0.15, 0.2) is 30.3 Å². The van der Waals surface area contributed by atoms with Crippen molar-refractivity contribution >= 4 is 11.8 Å². The van der Waals surface area contributed by atoms with Crippen molar-refractivity contribution in [3.8, 4) is 0 Å². The lowest BCUT2D eigenvalue weighted by atomic mass is 9.94. The molecule has 30 heavy (non-hydrogen) atoms. The Bertz CT molecular complexity index is 683. The van der Waals surface area contributed by atoms with Gasteiger partial charge in [0.15, 0.2) is 0 Å². The van der Waals surface area contributed by atoms with E-state index in [1.807, 2.05) is 49.1 Å². The van der Waals surface area contributed by atoms with Crippen molar-refractivity contribution in [1.29, 1.82) is 0 Å². The number of aliphatic hydroxyl groups is 1. The van der Waals surface area contributed by atoms with E-state index in [1.165, 1.54) is 0 Å². The van der Waals surface area contributed by atoms with Crippen LogP contribution in [0.1, 0.15) is 51.7 Å². The average Bonchev–Trinajstić information content (AvgIpc) is 3.23. The zero-order chi connectivity index (χ0) is 22.3. The van der Waals surface area contributed by atoms with Crippen molar-refractivity contribution in [3.05, 3.63) is 35.9 Å². The van der Waals surface area contributed by atoms with Gasteiger partial charge in [-0.1, -0.05) is 37.3 Å². The third-order valence-corrected chi connectivity index (χ3v) is 6.03. The van der Waals surface area contributed by atoms with E-state index in [9.17, 15) is 14.7 Å². The maximum Gasteiger partial charge on any atom is 0.225 e. The summed E-state index contributed by atoms with van der Waals surface area (Å²) < 4.78 is 10.9. The fraction of sp³-hybridized carbons (Fsp3) is 0.652. The van der Waals surface area contributed by atoms with E-state index in [2.05, 4.69) is 5.32 Å². The van der Waals surface area contributed by atoms with Crippen LogP contribution in [0.25, 0.3) is 0 Å². The maximum absolute atomic E-state index is 12.9. The largest absolute Gasteiger partial charge is 0.386 e. The van der Waals surface area contributed by atoms with Crippen LogP contribution < -0.4 is 5.32 Å². The summed E-state index contributed by atoms with van der Waals surface area (Å²) in [6.45, 7) is 6.12. The minimum absolute atomic E-state index is 0.0226. The van der Waals surface area contributed by atoms with Gasteiger partial charge in [0.1, 0.15) is 0 Å². The summed E-state index contributed by atoms with van der Waals surface area (Å²) in [4.78, 5) is 27.5. The number of methoxy groups -OCH3 is 2. The van der Waals surface area contributed by atoms with E-state index in [4.69, 9.17) is 9.47 Å². The van der Waals surface area contributed by atoms with Crippen LogP contribution in [-0.2, 0) is 19.1 Å². The number of ether oxygens (including phenoxy) is 2. The van der Waals surface area contributed by atoms with Gasteiger partial charge in [-0.05, 0) is 32.3 Å². The second kappa shape index (κ2) is 11.4. The Kier molecular flexibility index (Phi) is 9.27. The lowest BCUT2D eigenvalue weighted by Gasteiger charge is -2.35. The molecule has 0 aliphatic carbocycles. The summed E-state index contributed by atoms with van der Waals surface area (Å²) in [5, 5.41) is 13.4. The molecule has 1 aromatic carbocycles. The maximum atomic E-state index is 12.9. The number of likely N-dealkylation sites (tertiary alicyclic amines) is 1. The summed E-state index contributed by atoms with van der Waals surface area (Å²) in [7, 11) is 3.17. The molecule has 1 heterocycles. The highest BCUT2D eigenvalue weighted by Gasteiger charge is 2.40. The van der Waals surface area contributed by atoms with Crippen molar-refractivity contribution in [2.24, 2.45) is 5.92 Å². The molecule has 1 saturated heterocycles. The number of nitrogens with zero attached hydrogens (tertiary/aromatic N) is 1. The third-order valence-electron chi connectivity index (χ3n) is 6.03. The van der Waals surface area contributed by atoms with Gasteiger partial charge in [0.2, 0.25) is 11.8 Å². The zero-order valence-corrected chi connectivity index (χ0v) is 18.7. The van der Waals surface area contributed by atoms with Gasteiger partial charge in [-0.15, -0.1) is 0 Å². The minimum atomic E-state index is -0.802. The van der Waals surface area contributed by atoms with Crippen LogP contribution in [0.5, 0.6) is 0 Å². The zero-order valence-electron chi connectivity index (χ0n) is 18.7. The second-order valence-corrected chi connectivity index (χ2v) is 8.19. The number of benzene rings is 1. The van der Waals surface area contributed by atoms with E-state index < -0.39 is 24.2 Å². The van der Waals surface area contributed by atoms with Gasteiger partial charge in [-0.2, -0.15) is 0 Å². The van der Waals surface area contributed by atoms with Crippen molar-refractivity contribution in [1.82, 2.24) is 10.2 Å². The van der Waals surface area contributed by atoms with Crippen LogP contribution in [-0.4, -0.2) is 66.9 Å². The number of amides is 2. The van der Waals surface area contributed by atoms with Gasteiger partial charge >= 0.3 is 0 Å². The molecule has 0 spiro atoms.